The number of rotatable bonds is 11. The van der Waals surface area contributed by atoms with Crippen LogP contribution in [0.25, 0.3) is 0 Å². The molecule has 256 valence electrons. The fraction of sp³-hybridized carbons (Fsp3) is 0.368. The minimum atomic E-state index is -0.117. The maximum atomic E-state index is 9.80. The second-order valence-corrected chi connectivity index (χ2v) is 12.3. The highest BCUT2D eigenvalue weighted by Crippen LogP contribution is 2.51. The van der Waals surface area contributed by atoms with E-state index in [4.69, 9.17) is 18.9 Å². The predicted molar refractivity (Wildman–Crippen MR) is 178 cm³/mol. The van der Waals surface area contributed by atoms with Gasteiger partial charge in [-0.05, 0) is 95.5 Å². The molecule has 0 radical (unpaired) electrons. The van der Waals surface area contributed by atoms with E-state index < -0.39 is 0 Å². The topological polar surface area (TPSA) is 158 Å². The van der Waals surface area contributed by atoms with Crippen LogP contribution in [0.4, 0.5) is 0 Å². The summed E-state index contributed by atoms with van der Waals surface area (Å²) in [5.74, 6) is 1.70. The first-order valence-electron chi connectivity index (χ1n) is 16.0. The minimum Gasteiger partial charge on any atom is -0.508 e. The third-order valence-electron chi connectivity index (χ3n) is 9.28. The molecule has 6 N–H and O–H groups in total. The SMILES string of the molecule is COc1cc([C@H]2OC[C@H]3[C@@H]2CO[C@@H]3c2ccc(O)c(OC)c2)ccc1O.OC[C@H](Cc1cccc(O)c1)[C@H](CO)Cc1cccc(O)c1. The number of aliphatic hydroxyl groups is 2. The number of aliphatic hydroxyl groups excluding tert-OH is 2. The van der Waals surface area contributed by atoms with Gasteiger partial charge >= 0.3 is 0 Å². The predicted octanol–water partition coefficient (Wildman–Crippen LogP) is 5.29. The largest absolute Gasteiger partial charge is 0.508 e. The highest BCUT2D eigenvalue weighted by molar-refractivity contribution is 5.44. The molecule has 0 bridgehead atoms. The van der Waals surface area contributed by atoms with E-state index in [9.17, 15) is 30.6 Å². The molecule has 0 unspecified atom stereocenters. The van der Waals surface area contributed by atoms with Crippen molar-refractivity contribution in [2.24, 2.45) is 23.7 Å². The van der Waals surface area contributed by atoms with E-state index in [-0.39, 0.29) is 72.1 Å². The number of aromatic hydroxyl groups is 4. The molecule has 48 heavy (non-hydrogen) atoms. The number of ether oxygens (including phenoxy) is 4. The molecular formula is C38H44O10. The molecule has 4 aromatic carbocycles. The second-order valence-electron chi connectivity index (χ2n) is 12.3. The van der Waals surface area contributed by atoms with Gasteiger partial charge in [0.1, 0.15) is 11.5 Å². The Morgan fingerprint density at radius 1 is 0.604 bits per heavy atom. The summed E-state index contributed by atoms with van der Waals surface area (Å²) in [6, 6.07) is 24.5. The van der Waals surface area contributed by atoms with E-state index in [0.717, 1.165) is 22.3 Å². The molecule has 10 heteroatoms. The van der Waals surface area contributed by atoms with Gasteiger partial charge in [0.05, 0.1) is 39.6 Å². The second kappa shape index (κ2) is 16.1. The molecular weight excluding hydrogens is 616 g/mol. The van der Waals surface area contributed by atoms with Gasteiger partial charge in [-0.1, -0.05) is 36.4 Å². The van der Waals surface area contributed by atoms with Crippen LogP contribution in [0.2, 0.25) is 0 Å². The fourth-order valence-corrected chi connectivity index (χ4v) is 6.71. The molecule has 10 nitrogen and oxygen atoms in total. The average Bonchev–Trinajstić information content (AvgIpc) is 3.70. The Bertz CT molecular complexity index is 1520. The van der Waals surface area contributed by atoms with E-state index in [0.29, 0.717) is 37.6 Å². The Morgan fingerprint density at radius 2 is 1.02 bits per heavy atom. The molecule has 0 amide bonds. The molecule has 2 aliphatic heterocycles. The lowest BCUT2D eigenvalue weighted by molar-refractivity contribution is 0.0191. The first kappa shape index (κ1) is 34.8. The Hall–Kier alpha value is -4.48. The molecule has 2 fully saturated rings. The van der Waals surface area contributed by atoms with E-state index in [1.54, 1.807) is 48.5 Å². The Kier molecular flexibility index (Phi) is 11.7. The summed E-state index contributed by atoms with van der Waals surface area (Å²) >= 11 is 0. The van der Waals surface area contributed by atoms with Crippen molar-refractivity contribution in [2.75, 3.05) is 40.6 Å². The van der Waals surface area contributed by atoms with Crippen molar-refractivity contribution in [3.8, 4) is 34.5 Å². The minimum absolute atomic E-state index is 0.0420. The Labute approximate surface area is 280 Å². The monoisotopic (exact) mass is 660 g/mol. The van der Waals surface area contributed by atoms with Gasteiger partial charge in [0, 0.05) is 25.0 Å². The lowest BCUT2D eigenvalue weighted by atomic mass is 9.83. The van der Waals surface area contributed by atoms with Crippen molar-refractivity contribution in [2.45, 2.75) is 25.0 Å². The van der Waals surface area contributed by atoms with Gasteiger partial charge in [-0.2, -0.15) is 0 Å². The Balaban J connectivity index is 0.000000191. The van der Waals surface area contributed by atoms with Crippen LogP contribution in [-0.2, 0) is 22.3 Å². The summed E-state index contributed by atoms with van der Waals surface area (Å²) in [7, 11) is 3.06. The van der Waals surface area contributed by atoms with Crippen molar-refractivity contribution in [1.82, 2.24) is 0 Å². The number of benzene rings is 4. The molecule has 0 saturated carbocycles. The van der Waals surface area contributed by atoms with Crippen LogP contribution in [0.1, 0.15) is 34.5 Å². The molecule has 2 saturated heterocycles. The number of phenolic OH excluding ortho intramolecular Hbond substituents is 4. The number of methoxy groups -OCH3 is 2. The van der Waals surface area contributed by atoms with E-state index in [1.807, 2.05) is 36.4 Å². The maximum Gasteiger partial charge on any atom is 0.160 e. The van der Waals surface area contributed by atoms with Crippen LogP contribution in [0, 0.1) is 23.7 Å². The van der Waals surface area contributed by atoms with Crippen LogP contribution in [-0.4, -0.2) is 71.3 Å². The normalized spacial score (nSPS) is 21.1. The maximum absolute atomic E-state index is 9.80. The van der Waals surface area contributed by atoms with Crippen molar-refractivity contribution in [3.05, 3.63) is 107 Å². The lowest BCUT2D eigenvalue weighted by Crippen LogP contribution is -2.26. The summed E-state index contributed by atoms with van der Waals surface area (Å²) in [6.45, 7) is 1.10. The summed E-state index contributed by atoms with van der Waals surface area (Å²) < 4.78 is 22.6. The third-order valence-corrected chi connectivity index (χ3v) is 9.28. The first-order valence-corrected chi connectivity index (χ1v) is 16.0. The average molecular weight is 661 g/mol. The lowest BCUT2D eigenvalue weighted by Gasteiger charge is -2.24. The number of hydrogen-bond acceptors (Lipinski definition) is 10. The summed E-state index contributed by atoms with van der Waals surface area (Å²) in [5.41, 5.74) is 3.79. The smallest absolute Gasteiger partial charge is 0.160 e. The van der Waals surface area contributed by atoms with Gasteiger partial charge in [0.2, 0.25) is 0 Å². The molecule has 4 aromatic rings. The van der Waals surface area contributed by atoms with E-state index in [2.05, 4.69) is 0 Å². The van der Waals surface area contributed by atoms with Crippen LogP contribution in [0.15, 0.2) is 84.9 Å². The third kappa shape index (κ3) is 8.14. The van der Waals surface area contributed by atoms with Gasteiger partial charge < -0.3 is 49.6 Å². The van der Waals surface area contributed by atoms with Gasteiger partial charge in [0.15, 0.2) is 23.0 Å². The molecule has 6 rings (SSSR count). The zero-order chi connectivity index (χ0) is 34.2. The van der Waals surface area contributed by atoms with Gasteiger partial charge in [0.25, 0.3) is 0 Å². The molecule has 6 atom stereocenters. The first-order chi connectivity index (χ1) is 23.2. The zero-order valence-corrected chi connectivity index (χ0v) is 27.1. The molecule has 2 aliphatic rings. The zero-order valence-electron chi connectivity index (χ0n) is 27.1. The molecule has 2 heterocycles. The van der Waals surface area contributed by atoms with Crippen molar-refractivity contribution in [3.63, 3.8) is 0 Å². The van der Waals surface area contributed by atoms with Gasteiger partial charge in [-0.15, -0.1) is 0 Å². The fourth-order valence-electron chi connectivity index (χ4n) is 6.71. The highest BCUT2D eigenvalue weighted by Gasteiger charge is 2.48. The van der Waals surface area contributed by atoms with E-state index >= 15 is 0 Å². The van der Waals surface area contributed by atoms with E-state index in [1.165, 1.54) is 14.2 Å². The van der Waals surface area contributed by atoms with Crippen LogP contribution >= 0.6 is 0 Å². The summed E-state index contributed by atoms with van der Waals surface area (Å²) in [5, 5.41) is 58.0. The molecule has 0 aliphatic carbocycles. The van der Waals surface area contributed by atoms with Crippen LogP contribution in [0.5, 0.6) is 34.5 Å². The highest BCUT2D eigenvalue weighted by atomic mass is 16.5. The van der Waals surface area contributed by atoms with Crippen molar-refractivity contribution < 1.29 is 49.6 Å². The number of fused-ring (bicyclic) bond motifs is 1. The van der Waals surface area contributed by atoms with Crippen molar-refractivity contribution >= 4 is 0 Å². The van der Waals surface area contributed by atoms with Gasteiger partial charge in [-0.25, -0.2) is 0 Å². The van der Waals surface area contributed by atoms with Crippen LogP contribution in [0.3, 0.4) is 0 Å². The molecule has 0 aromatic heterocycles. The standard InChI is InChI=1S/C20H22O6.C18H22O4/c1-23-17-7-11(3-5-15(17)21)19-13-9-26-20(14(13)10-25-19)12-4-6-16(22)18(8-12)24-2;19-11-15(7-13-3-1-5-17(21)9-13)16(12-20)8-14-4-2-6-18(22)10-14/h3-8,13-14,19-22H,9-10H2,1-2H3;1-6,9-10,15-16,19-22H,7-8,11-12H2/t13-,14-,19+,20+;15-,16-/m00/s1. The summed E-state index contributed by atoms with van der Waals surface area (Å²) in [6.07, 6.45) is 0.959. The number of phenols is 4. The Morgan fingerprint density at radius 3 is 1.38 bits per heavy atom. The molecule has 0 spiro atoms. The van der Waals surface area contributed by atoms with Gasteiger partial charge in [-0.3, -0.25) is 0 Å². The number of hydrogen-bond donors (Lipinski definition) is 6. The summed E-state index contributed by atoms with van der Waals surface area (Å²) in [4.78, 5) is 0. The van der Waals surface area contributed by atoms with Crippen molar-refractivity contribution in [1.29, 1.82) is 0 Å². The van der Waals surface area contributed by atoms with Crippen LogP contribution < -0.4 is 9.47 Å². The quantitative estimate of drug-likeness (QED) is 0.125.